The summed E-state index contributed by atoms with van der Waals surface area (Å²) in [6, 6.07) is 7.87. The van der Waals surface area contributed by atoms with Crippen LogP contribution in [0.5, 0.6) is 5.75 Å². The molecule has 1 N–H and O–H groups in total. The topological polar surface area (TPSA) is 38.3 Å². The predicted molar refractivity (Wildman–Crippen MR) is 69.2 cm³/mol. The van der Waals surface area contributed by atoms with E-state index in [9.17, 15) is 4.79 Å². The van der Waals surface area contributed by atoms with Crippen LogP contribution in [0, 0.1) is 6.92 Å². The molecule has 1 aromatic rings. The largest absolute Gasteiger partial charge is 0.481 e. The van der Waals surface area contributed by atoms with E-state index >= 15 is 0 Å². The van der Waals surface area contributed by atoms with Gasteiger partial charge in [0.1, 0.15) is 5.75 Å². The van der Waals surface area contributed by atoms with E-state index in [0.717, 1.165) is 5.75 Å². The molecule has 3 nitrogen and oxygen atoms in total. The molecule has 1 amide bonds. The maximum atomic E-state index is 11.8. The molecule has 0 radical (unpaired) electrons. The first-order valence-electron chi connectivity index (χ1n) is 6.06. The third-order valence-corrected chi connectivity index (χ3v) is 2.39. The van der Waals surface area contributed by atoms with Crippen molar-refractivity contribution in [3.63, 3.8) is 0 Å². The molecule has 1 rings (SSSR count). The third kappa shape index (κ3) is 4.47. The van der Waals surface area contributed by atoms with Gasteiger partial charge in [0.2, 0.25) is 0 Å². The number of rotatable bonds is 5. The molecule has 3 heteroatoms. The van der Waals surface area contributed by atoms with Gasteiger partial charge in [-0.25, -0.2) is 0 Å². The van der Waals surface area contributed by atoms with Gasteiger partial charge in [-0.3, -0.25) is 4.79 Å². The van der Waals surface area contributed by atoms with Crippen molar-refractivity contribution < 1.29 is 9.53 Å². The summed E-state index contributed by atoms with van der Waals surface area (Å²) in [5, 5.41) is 2.86. The SMILES string of the molecule is CC[C@@H](Oc1ccc(C)cc1)C(=O)NC(C)C. The zero-order valence-corrected chi connectivity index (χ0v) is 11.0. The van der Waals surface area contributed by atoms with E-state index in [0.29, 0.717) is 6.42 Å². The van der Waals surface area contributed by atoms with Gasteiger partial charge in [-0.15, -0.1) is 0 Å². The minimum Gasteiger partial charge on any atom is -0.481 e. The summed E-state index contributed by atoms with van der Waals surface area (Å²) in [5.74, 6) is 0.685. The summed E-state index contributed by atoms with van der Waals surface area (Å²) in [5.41, 5.74) is 1.18. The van der Waals surface area contributed by atoms with Gasteiger partial charge in [-0.05, 0) is 39.3 Å². The Labute approximate surface area is 103 Å². The molecule has 0 saturated carbocycles. The molecule has 0 spiro atoms. The molecular formula is C14H21NO2. The van der Waals surface area contributed by atoms with Crippen molar-refractivity contribution in [2.45, 2.75) is 46.3 Å². The molecule has 0 aliphatic rings. The zero-order chi connectivity index (χ0) is 12.8. The van der Waals surface area contributed by atoms with Gasteiger partial charge in [-0.2, -0.15) is 0 Å². The highest BCUT2D eigenvalue weighted by atomic mass is 16.5. The van der Waals surface area contributed by atoms with Crippen molar-refractivity contribution in [1.82, 2.24) is 5.32 Å². The van der Waals surface area contributed by atoms with Gasteiger partial charge >= 0.3 is 0 Å². The molecule has 0 aliphatic heterocycles. The molecule has 1 aromatic carbocycles. The minimum absolute atomic E-state index is 0.0527. The lowest BCUT2D eigenvalue weighted by Crippen LogP contribution is -2.41. The Kier molecular flexibility index (Phi) is 5.01. The van der Waals surface area contributed by atoms with E-state index < -0.39 is 6.10 Å². The number of carbonyl (C=O) groups is 1. The Balaban J connectivity index is 2.63. The van der Waals surface area contributed by atoms with Crippen molar-refractivity contribution in [2.24, 2.45) is 0 Å². The van der Waals surface area contributed by atoms with Crippen molar-refractivity contribution in [3.8, 4) is 5.75 Å². The summed E-state index contributed by atoms with van der Waals surface area (Å²) in [6.07, 6.45) is 0.243. The number of aryl methyl sites for hydroxylation is 1. The fourth-order valence-electron chi connectivity index (χ4n) is 1.48. The van der Waals surface area contributed by atoms with Crippen molar-refractivity contribution in [1.29, 1.82) is 0 Å². The number of amides is 1. The van der Waals surface area contributed by atoms with Gasteiger partial charge in [0.15, 0.2) is 6.10 Å². The van der Waals surface area contributed by atoms with Crippen LogP contribution < -0.4 is 10.1 Å². The molecule has 0 unspecified atom stereocenters. The Bertz CT molecular complexity index is 357. The first kappa shape index (κ1) is 13.6. The smallest absolute Gasteiger partial charge is 0.261 e. The Morgan fingerprint density at radius 1 is 1.29 bits per heavy atom. The van der Waals surface area contributed by atoms with E-state index in [2.05, 4.69) is 5.32 Å². The second-order valence-electron chi connectivity index (χ2n) is 4.49. The lowest BCUT2D eigenvalue weighted by atomic mass is 10.2. The van der Waals surface area contributed by atoms with Crippen LogP contribution in [0.4, 0.5) is 0 Å². The minimum atomic E-state index is -0.417. The number of hydrogen-bond acceptors (Lipinski definition) is 2. The molecule has 0 fully saturated rings. The highest BCUT2D eigenvalue weighted by molar-refractivity contribution is 5.81. The van der Waals surface area contributed by atoms with Gasteiger partial charge in [0.05, 0.1) is 0 Å². The van der Waals surface area contributed by atoms with Gasteiger partial charge in [0, 0.05) is 6.04 Å². The molecule has 1 atom stereocenters. The van der Waals surface area contributed by atoms with Crippen LogP contribution in [-0.4, -0.2) is 18.1 Å². The van der Waals surface area contributed by atoms with Crippen molar-refractivity contribution in [2.75, 3.05) is 0 Å². The summed E-state index contributed by atoms with van der Waals surface area (Å²) < 4.78 is 5.67. The molecule has 0 aromatic heterocycles. The lowest BCUT2D eigenvalue weighted by Gasteiger charge is -2.18. The van der Waals surface area contributed by atoms with E-state index in [-0.39, 0.29) is 11.9 Å². The molecular weight excluding hydrogens is 214 g/mol. The van der Waals surface area contributed by atoms with Crippen LogP contribution in [0.2, 0.25) is 0 Å². The first-order valence-corrected chi connectivity index (χ1v) is 6.06. The van der Waals surface area contributed by atoms with Crippen LogP contribution in [0.3, 0.4) is 0 Å². The fourth-order valence-corrected chi connectivity index (χ4v) is 1.48. The maximum absolute atomic E-state index is 11.8. The lowest BCUT2D eigenvalue weighted by molar-refractivity contribution is -0.128. The van der Waals surface area contributed by atoms with E-state index in [1.165, 1.54) is 5.56 Å². The molecule has 17 heavy (non-hydrogen) atoms. The molecule has 94 valence electrons. The monoisotopic (exact) mass is 235 g/mol. The van der Waals surface area contributed by atoms with Gasteiger partial charge in [-0.1, -0.05) is 24.6 Å². The molecule has 0 bridgehead atoms. The number of ether oxygens (including phenoxy) is 1. The Morgan fingerprint density at radius 2 is 1.88 bits per heavy atom. The standard InChI is InChI=1S/C14H21NO2/c1-5-13(14(16)15-10(2)3)17-12-8-6-11(4)7-9-12/h6-10,13H,5H2,1-4H3,(H,15,16)/t13-/m1/s1. The van der Waals surface area contributed by atoms with Gasteiger partial charge < -0.3 is 10.1 Å². The average molecular weight is 235 g/mol. The van der Waals surface area contributed by atoms with Crippen molar-refractivity contribution >= 4 is 5.91 Å². The Hall–Kier alpha value is -1.51. The van der Waals surface area contributed by atoms with Crippen LogP contribution in [0.25, 0.3) is 0 Å². The second kappa shape index (κ2) is 6.28. The van der Waals surface area contributed by atoms with Crippen LogP contribution in [-0.2, 0) is 4.79 Å². The number of benzene rings is 1. The normalized spacial score (nSPS) is 12.3. The summed E-state index contributed by atoms with van der Waals surface area (Å²) >= 11 is 0. The number of nitrogens with one attached hydrogen (secondary N) is 1. The predicted octanol–water partition coefficient (Wildman–Crippen LogP) is 2.68. The summed E-state index contributed by atoms with van der Waals surface area (Å²) in [7, 11) is 0. The van der Waals surface area contributed by atoms with E-state index in [1.54, 1.807) is 0 Å². The first-order chi connectivity index (χ1) is 8.02. The Morgan fingerprint density at radius 3 is 2.35 bits per heavy atom. The second-order valence-corrected chi connectivity index (χ2v) is 4.49. The average Bonchev–Trinajstić information content (AvgIpc) is 2.27. The highest BCUT2D eigenvalue weighted by Crippen LogP contribution is 2.14. The molecule has 0 saturated heterocycles. The quantitative estimate of drug-likeness (QED) is 0.852. The third-order valence-electron chi connectivity index (χ3n) is 2.39. The number of carbonyl (C=O) groups excluding carboxylic acids is 1. The van der Waals surface area contributed by atoms with E-state index in [1.807, 2.05) is 52.0 Å². The maximum Gasteiger partial charge on any atom is 0.261 e. The summed E-state index contributed by atoms with van der Waals surface area (Å²) in [6.45, 7) is 7.85. The molecule has 0 aliphatic carbocycles. The van der Waals surface area contributed by atoms with Crippen LogP contribution in [0.15, 0.2) is 24.3 Å². The van der Waals surface area contributed by atoms with E-state index in [4.69, 9.17) is 4.74 Å². The number of hydrogen-bond donors (Lipinski definition) is 1. The summed E-state index contributed by atoms with van der Waals surface area (Å²) in [4.78, 5) is 11.8. The van der Waals surface area contributed by atoms with Crippen LogP contribution >= 0.6 is 0 Å². The molecule has 0 heterocycles. The van der Waals surface area contributed by atoms with Gasteiger partial charge in [0.25, 0.3) is 5.91 Å². The zero-order valence-electron chi connectivity index (χ0n) is 11.0. The van der Waals surface area contributed by atoms with Crippen molar-refractivity contribution in [3.05, 3.63) is 29.8 Å². The fraction of sp³-hybridized carbons (Fsp3) is 0.500. The highest BCUT2D eigenvalue weighted by Gasteiger charge is 2.18. The van der Waals surface area contributed by atoms with Crippen LogP contribution in [0.1, 0.15) is 32.8 Å².